The first-order valence-electron chi connectivity index (χ1n) is 10.00. The van der Waals surface area contributed by atoms with Gasteiger partial charge in [0.05, 0.1) is 37.8 Å². The largest absolute Gasteiger partial charge is 0.496 e. The van der Waals surface area contributed by atoms with Crippen LogP contribution in [0.2, 0.25) is 0 Å². The average molecular weight is 461 g/mol. The number of aliphatic imine (C=N–C) groups is 1. The van der Waals surface area contributed by atoms with Gasteiger partial charge in [-0.05, 0) is 49.4 Å². The molecule has 1 saturated heterocycles. The molecule has 0 spiro atoms. The Kier molecular flexibility index (Phi) is 6.24. The molecule has 0 aromatic heterocycles. The van der Waals surface area contributed by atoms with E-state index < -0.39 is 9.84 Å². The van der Waals surface area contributed by atoms with Gasteiger partial charge in [0.1, 0.15) is 17.8 Å². The van der Waals surface area contributed by atoms with E-state index in [4.69, 9.17) is 14.5 Å². The number of thioether (sulfide) groups is 1. The highest BCUT2D eigenvalue weighted by atomic mass is 32.2. The molecule has 0 amide bonds. The molecule has 2 aromatic carbocycles. The fourth-order valence-electron chi connectivity index (χ4n) is 3.79. The fraction of sp³-hybridized carbons (Fsp3) is 0.364. The molecule has 2 aliphatic rings. The van der Waals surface area contributed by atoms with E-state index in [1.54, 1.807) is 25.3 Å². The second kappa shape index (κ2) is 8.92. The Labute approximate surface area is 186 Å². The topological polar surface area (TPSA) is 85.3 Å². The zero-order valence-corrected chi connectivity index (χ0v) is 19.0. The second-order valence-electron chi connectivity index (χ2n) is 7.41. The number of amidine groups is 1. The highest BCUT2D eigenvalue weighted by Crippen LogP contribution is 2.38. The van der Waals surface area contributed by atoms with Gasteiger partial charge in [0, 0.05) is 22.1 Å². The highest BCUT2D eigenvalue weighted by Gasteiger charge is 2.44. The number of carbonyl (C=O) groups is 1. The van der Waals surface area contributed by atoms with Crippen molar-refractivity contribution < 1.29 is 22.7 Å². The lowest BCUT2D eigenvalue weighted by molar-refractivity contribution is 0.112. The SMILES string of the molecule is CCOc1ccc(N(Cc2cc(C=O)ccc2OC)C2=N[C@H]3CS(=O)(=O)C[C@@H]3S2)cc1. The van der Waals surface area contributed by atoms with Crippen LogP contribution < -0.4 is 14.4 Å². The van der Waals surface area contributed by atoms with Gasteiger partial charge in [-0.25, -0.2) is 8.42 Å². The van der Waals surface area contributed by atoms with Crippen molar-refractivity contribution in [3.05, 3.63) is 53.6 Å². The van der Waals surface area contributed by atoms with Gasteiger partial charge in [-0.1, -0.05) is 11.8 Å². The van der Waals surface area contributed by atoms with Crippen molar-refractivity contribution in [3.63, 3.8) is 0 Å². The standard InChI is InChI=1S/C22H24N2O5S2/c1-3-29-18-7-5-17(6-8-18)24(11-16-10-15(12-25)4-9-20(16)28-2)22-23-19-13-31(26,27)14-21(19)30-22/h4-10,12,19,21H,3,11,13-14H2,1-2H3/t19-,21-/m0/s1. The summed E-state index contributed by atoms with van der Waals surface area (Å²) in [6.07, 6.45) is 0.807. The smallest absolute Gasteiger partial charge is 0.164 e. The maximum Gasteiger partial charge on any atom is 0.164 e. The molecule has 0 saturated carbocycles. The Balaban J connectivity index is 1.69. The van der Waals surface area contributed by atoms with Crippen LogP contribution in [0.4, 0.5) is 5.69 Å². The summed E-state index contributed by atoms with van der Waals surface area (Å²) >= 11 is 1.50. The molecule has 2 aliphatic heterocycles. The number of rotatable bonds is 7. The van der Waals surface area contributed by atoms with Gasteiger partial charge in [-0.2, -0.15) is 0 Å². The number of hydrogen-bond donors (Lipinski definition) is 0. The fourth-order valence-corrected chi connectivity index (χ4v) is 7.58. The lowest BCUT2D eigenvalue weighted by Gasteiger charge is -2.26. The van der Waals surface area contributed by atoms with Crippen LogP contribution in [0.1, 0.15) is 22.8 Å². The van der Waals surface area contributed by atoms with Gasteiger partial charge in [-0.15, -0.1) is 0 Å². The Morgan fingerprint density at radius 3 is 2.61 bits per heavy atom. The summed E-state index contributed by atoms with van der Waals surface area (Å²) in [6, 6.07) is 12.8. The number of carbonyl (C=O) groups excluding carboxylic acids is 1. The van der Waals surface area contributed by atoms with Crippen molar-refractivity contribution in [2.24, 2.45) is 4.99 Å². The van der Waals surface area contributed by atoms with Crippen molar-refractivity contribution in [2.45, 2.75) is 24.8 Å². The van der Waals surface area contributed by atoms with Crippen LogP contribution in [-0.4, -0.2) is 56.4 Å². The van der Waals surface area contributed by atoms with E-state index in [9.17, 15) is 13.2 Å². The molecule has 2 heterocycles. The summed E-state index contributed by atoms with van der Waals surface area (Å²) in [5.41, 5.74) is 2.30. The number of aldehydes is 1. The maximum absolute atomic E-state index is 12.0. The van der Waals surface area contributed by atoms with E-state index in [2.05, 4.69) is 0 Å². The molecule has 164 valence electrons. The predicted octanol–water partition coefficient (Wildman–Crippen LogP) is 3.18. The number of methoxy groups -OCH3 is 1. The molecule has 4 rings (SSSR count). The van der Waals surface area contributed by atoms with E-state index in [-0.39, 0.29) is 22.8 Å². The van der Waals surface area contributed by atoms with Gasteiger partial charge in [-0.3, -0.25) is 9.79 Å². The minimum Gasteiger partial charge on any atom is -0.496 e. The molecule has 0 bridgehead atoms. The lowest BCUT2D eigenvalue weighted by atomic mass is 10.1. The number of anilines is 1. The molecule has 0 radical (unpaired) electrons. The summed E-state index contributed by atoms with van der Waals surface area (Å²) < 4.78 is 35.0. The maximum atomic E-state index is 12.0. The monoisotopic (exact) mass is 460 g/mol. The molecule has 0 aliphatic carbocycles. The van der Waals surface area contributed by atoms with E-state index >= 15 is 0 Å². The summed E-state index contributed by atoms with van der Waals surface area (Å²) in [7, 11) is -1.44. The van der Waals surface area contributed by atoms with Crippen LogP contribution in [0.15, 0.2) is 47.5 Å². The first-order chi connectivity index (χ1) is 14.9. The Bertz CT molecular complexity index is 1100. The van der Waals surface area contributed by atoms with Crippen molar-refractivity contribution in [1.82, 2.24) is 0 Å². The van der Waals surface area contributed by atoms with Crippen LogP contribution in [0.3, 0.4) is 0 Å². The van der Waals surface area contributed by atoms with Gasteiger partial charge in [0.15, 0.2) is 15.0 Å². The number of nitrogens with zero attached hydrogens (tertiary/aromatic N) is 2. The number of ether oxygens (including phenoxy) is 2. The number of fused-ring (bicyclic) bond motifs is 1. The van der Waals surface area contributed by atoms with Crippen molar-refractivity contribution in [2.75, 3.05) is 30.1 Å². The normalized spacial score (nSPS) is 21.3. The number of benzene rings is 2. The third kappa shape index (κ3) is 4.72. The molecule has 2 aromatic rings. The Morgan fingerprint density at radius 2 is 1.97 bits per heavy atom. The van der Waals surface area contributed by atoms with Crippen molar-refractivity contribution >= 4 is 38.7 Å². The van der Waals surface area contributed by atoms with E-state index in [1.165, 1.54) is 11.8 Å². The Hall–Kier alpha value is -2.52. The molecular formula is C22H24N2O5S2. The Morgan fingerprint density at radius 1 is 1.19 bits per heavy atom. The quantitative estimate of drug-likeness (QED) is 0.587. The zero-order valence-electron chi connectivity index (χ0n) is 17.4. The van der Waals surface area contributed by atoms with Crippen LogP contribution in [-0.2, 0) is 16.4 Å². The average Bonchev–Trinajstić information content (AvgIpc) is 3.26. The molecule has 7 nitrogen and oxygen atoms in total. The summed E-state index contributed by atoms with van der Waals surface area (Å²) in [6.45, 7) is 2.94. The minimum atomic E-state index is -3.03. The van der Waals surface area contributed by atoms with Gasteiger partial charge in [0.2, 0.25) is 0 Å². The third-order valence-electron chi connectivity index (χ3n) is 5.26. The van der Waals surface area contributed by atoms with Crippen molar-refractivity contribution in [3.8, 4) is 11.5 Å². The van der Waals surface area contributed by atoms with Gasteiger partial charge >= 0.3 is 0 Å². The highest BCUT2D eigenvalue weighted by molar-refractivity contribution is 8.15. The summed E-state index contributed by atoms with van der Waals surface area (Å²) in [4.78, 5) is 18.1. The molecule has 1 fully saturated rings. The number of sulfone groups is 1. The molecular weight excluding hydrogens is 436 g/mol. The molecule has 9 heteroatoms. The molecule has 0 unspecified atom stereocenters. The first-order valence-corrected chi connectivity index (χ1v) is 12.7. The van der Waals surface area contributed by atoms with Gasteiger partial charge < -0.3 is 14.4 Å². The first kappa shape index (κ1) is 21.7. The number of hydrogen-bond acceptors (Lipinski definition) is 8. The second-order valence-corrected chi connectivity index (χ2v) is 10.8. The predicted molar refractivity (Wildman–Crippen MR) is 123 cm³/mol. The van der Waals surface area contributed by atoms with E-state index in [1.807, 2.05) is 36.1 Å². The third-order valence-corrected chi connectivity index (χ3v) is 8.51. The minimum absolute atomic E-state index is 0.0617. The van der Waals surface area contributed by atoms with Crippen molar-refractivity contribution in [1.29, 1.82) is 0 Å². The summed E-state index contributed by atoms with van der Waals surface area (Å²) in [5.74, 6) is 1.69. The van der Waals surface area contributed by atoms with E-state index in [0.717, 1.165) is 28.5 Å². The summed E-state index contributed by atoms with van der Waals surface area (Å²) in [5, 5.41) is 0.709. The molecule has 2 atom stereocenters. The molecule has 0 N–H and O–H groups in total. The van der Waals surface area contributed by atoms with E-state index in [0.29, 0.717) is 24.5 Å². The van der Waals surface area contributed by atoms with Crippen LogP contribution in [0.5, 0.6) is 11.5 Å². The van der Waals surface area contributed by atoms with Crippen LogP contribution in [0.25, 0.3) is 0 Å². The zero-order chi connectivity index (χ0) is 22.0. The van der Waals surface area contributed by atoms with Gasteiger partial charge in [0.25, 0.3) is 0 Å². The lowest BCUT2D eigenvalue weighted by Crippen LogP contribution is -2.28. The van der Waals surface area contributed by atoms with Crippen LogP contribution >= 0.6 is 11.8 Å². The molecule has 31 heavy (non-hydrogen) atoms. The van der Waals surface area contributed by atoms with Crippen LogP contribution in [0, 0.1) is 0 Å².